The summed E-state index contributed by atoms with van der Waals surface area (Å²) in [5.41, 5.74) is 0.871. The molecule has 2 rings (SSSR count). The number of likely N-dealkylation sites (tertiary alicyclic amines) is 1. The molecule has 1 aromatic rings. The van der Waals surface area contributed by atoms with Crippen LogP contribution in [0.3, 0.4) is 0 Å². The van der Waals surface area contributed by atoms with Crippen LogP contribution in [-0.2, 0) is 44.5 Å². The van der Waals surface area contributed by atoms with Gasteiger partial charge in [0, 0.05) is 34.2 Å². The molecule has 1 unspecified atom stereocenters. The highest BCUT2D eigenvalue weighted by molar-refractivity contribution is 14.1. The second kappa shape index (κ2) is 21.0. The fourth-order valence-corrected chi connectivity index (χ4v) is 7.10. The van der Waals surface area contributed by atoms with Gasteiger partial charge in [-0.15, -0.1) is 0 Å². The Morgan fingerprint density at radius 1 is 1.00 bits per heavy atom. The molecule has 1 fully saturated rings. The number of methoxy groups -OCH3 is 3. The molecule has 14 heteroatoms. The van der Waals surface area contributed by atoms with Gasteiger partial charge in [-0.2, -0.15) is 0 Å². The number of hydrogen-bond donors (Lipinski definition) is 2. The number of likely N-dealkylation sites (N-methyl/N-ethyl adjacent to an activating group) is 1. The van der Waals surface area contributed by atoms with Crippen molar-refractivity contribution in [3.05, 3.63) is 35.9 Å². The highest BCUT2D eigenvalue weighted by atomic mass is 127. The van der Waals surface area contributed by atoms with Crippen LogP contribution < -0.4 is 10.6 Å². The Balaban J connectivity index is 2.26. The van der Waals surface area contributed by atoms with E-state index in [1.165, 1.54) is 21.3 Å². The van der Waals surface area contributed by atoms with Crippen LogP contribution in [0.15, 0.2) is 30.3 Å². The van der Waals surface area contributed by atoms with E-state index in [0.717, 1.165) is 12.0 Å². The molecule has 1 aliphatic rings. The normalized spacial score (nSPS) is 18.7. The highest BCUT2D eigenvalue weighted by Gasteiger charge is 2.43. The molecule has 0 radical (unpaired) electrons. The minimum atomic E-state index is -0.893. The van der Waals surface area contributed by atoms with Crippen molar-refractivity contribution in [3.63, 3.8) is 0 Å². The van der Waals surface area contributed by atoms with Gasteiger partial charge in [0.2, 0.25) is 17.7 Å². The molecule has 1 saturated heterocycles. The summed E-state index contributed by atoms with van der Waals surface area (Å²) in [5.74, 6) is -2.43. The third kappa shape index (κ3) is 12.9. The van der Waals surface area contributed by atoms with Crippen LogP contribution in [-0.4, -0.2) is 114 Å². The molecule has 294 valence electrons. The Morgan fingerprint density at radius 2 is 1.63 bits per heavy atom. The number of rotatable bonds is 19. The number of benzene rings is 1. The summed E-state index contributed by atoms with van der Waals surface area (Å²) >= 11 is 2.00. The van der Waals surface area contributed by atoms with E-state index in [2.05, 4.69) is 10.6 Å². The van der Waals surface area contributed by atoms with Crippen LogP contribution in [0.25, 0.3) is 0 Å². The molecule has 0 bridgehead atoms. The first-order chi connectivity index (χ1) is 24.4. The Kier molecular flexibility index (Phi) is 18.3. The zero-order valence-electron chi connectivity index (χ0n) is 32.8. The van der Waals surface area contributed by atoms with Gasteiger partial charge in [-0.3, -0.25) is 14.4 Å². The largest absolute Gasteiger partial charge is 0.467 e. The predicted octanol–water partition coefficient (Wildman–Crippen LogP) is 4.73. The van der Waals surface area contributed by atoms with Crippen molar-refractivity contribution < 1.29 is 42.9 Å². The van der Waals surface area contributed by atoms with Crippen LogP contribution in [0.5, 0.6) is 0 Å². The number of ether oxygens (including phenoxy) is 4. The molecule has 8 atom stereocenters. The maximum absolute atomic E-state index is 14.1. The highest BCUT2D eigenvalue weighted by Crippen LogP contribution is 2.30. The van der Waals surface area contributed by atoms with Crippen LogP contribution in [0.4, 0.5) is 4.79 Å². The Hall–Kier alpha value is -2.98. The van der Waals surface area contributed by atoms with Gasteiger partial charge in [-0.05, 0) is 66.7 Å². The van der Waals surface area contributed by atoms with Crippen LogP contribution >= 0.6 is 22.6 Å². The Labute approximate surface area is 323 Å². The van der Waals surface area contributed by atoms with E-state index in [1.807, 2.05) is 80.6 Å². The number of halogens is 1. The van der Waals surface area contributed by atoms with Gasteiger partial charge in [0.1, 0.15) is 12.1 Å². The molecule has 13 nitrogen and oxygen atoms in total. The number of carbonyl (C=O) groups is 5. The molecule has 0 aliphatic carbocycles. The molecule has 4 amide bonds. The summed E-state index contributed by atoms with van der Waals surface area (Å²) in [7, 11) is 6.01. The van der Waals surface area contributed by atoms with E-state index in [0.29, 0.717) is 19.4 Å². The van der Waals surface area contributed by atoms with Gasteiger partial charge in [-0.25, -0.2) is 9.59 Å². The fraction of sp³-hybridized carbons (Fsp3) is 0.711. The number of alkyl halides is 1. The molecule has 1 aliphatic heterocycles. The smallest absolute Gasteiger partial charge is 0.409 e. The molecule has 2 N–H and O–H groups in total. The minimum Gasteiger partial charge on any atom is -0.467 e. The Morgan fingerprint density at radius 3 is 2.15 bits per heavy atom. The second-order valence-corrected chi connectivity index (χ2v) is 17.1. The van der Waals surface area contributed by atoms with Gasteiger partial charge in [0.25, 0.3) is 0 Å². The van der Waals surface area contributed by atoms with Crippen LogP contribution in [0.2, 0.25) is 0 Å². The summed E-state index contributed by atoms with van der Waals surface area (Å²) in [6, 6.07) is 6.71. The number of carbonyl (C=O) groups excluding carboxylic acids is 5. The van der Waals surface area contributed by atoms with Crippen molar-refractivity contribution in [2.75, 3.05) is 34.9 Å². The van der Waals surface area contributed by atoms with Gasteiger partial charge >= 0.3 is 12.1 Å². The van der Waals surface area contributed by atoms with Gasteiger partial charge in [-0.1, -0.05) is 71.4 Å². The lowest BCUT2D eigenvalue weighted by molar-refractivity contribution is -0.148. The fourth-order valence-electron chi connectivity index (χ4n) is 6.90. The van der Waals surface area contributed by atoms with Crippen LogP contribution in [0.1, 0.15) is 79.7 Å². The molecule has 52 heavy (non-hydrogen) atoms. The first-order valence-corrected chi connectivity index (χ1v) is 19.2. The first kappa shape index (κ1) is 45.2. The summed E-state index contributed by atoms with van der Waals surface area (Å²) in [6.45, 7) is 13.4. The van der Waals surface area contributed by atoms with E-state index in [-0.39, 0.29) is 42.4 Å². The molecular weight excluding hydrogens is 783 g/mol. The van der Waals surface area contributed by atoms with Gasteiger partial charge in [0.05, 0.1) is 43.7 Å². The second-order valence-electron chi connectivity index (χ2n) is 14.5. The van der Waals surface area contributed by atoms with Gasteiger partial charge < -0.3 is 39.4 Å². The monoisotopic (exact) mass is 844 g/mol. The lowest BCUT2D eigenvalue weighted by Gasteiger charge is -2.40. The summed E-state index contributed by atoms with van der Waals surface area (Å²) in [4.78, 5) is 70.4. The lowest BCUT2D eigenvalue weighted by atomic mass is 9.89. The lowest BCUT2D eigenvalue weighted by Crippen LogP contribution is -2.58. The van der Waals surface area contributed by atoms with E-state index >= 15 is 0 Å². The predicted molar refractivity (Wildman–Crippen MR) is 207 cm³/mol. The molecule has 0 spiro atoms. The average Bonchev–Trinajstić information content (AvgIpc) is 3.58. The summed E-state index contributed by atoms with van der Waals surface area (Å²) in [5, 5.41) is 5.59. The zero-order chi connectivity index (χ0) is 39.3. The standard InChI is InChI=1S/C38H61IN4O9/c1-12-24(4)32(42(8)35(46)31(23(2)3)41-37(48)52-38(6,7)39)29(49-9)22-30(44)43-20-16-19-28(43)33(50-10)25(5)34(45)40-27(36(47)51-11)21-26-17-14-13-15-18-26/h13-15,17-18,23-25,27-29,31-33H,12,16,19-22H2,1-11H3,(H,40,45)(H,41,48)/t24-,25+,27-,28-,29+,31-,32-,33?/m0/s1. The first-order valence-electron chi connectivity index (χ1n) is 18.1. The number of hydrogen-bond acceptors (Lipinski definition) is 9. The minimum absolute atomic E-state index is 0.0109. The van der Waals surface area contributed by atoms with Crippen LogP contribution in [0, 0.1) is 17.8 Å². The molecular formula is C38H61IN4O9. The van der Waals surface area contributed by atoms with Crippen molar-refractivity contribution in [2.24, 2.45) is 17.8 Å². The number of alkyl carbamates (subject to hydrolysis) is 1. The molecule has 1 aromatic carbocycles. The van der Waals surface area contributed by atoms with Crippen molar-refractivity contribution in [2.45, 2.75) is 121 Å². The zero-order valence-corrected chi connectivity index (χ0v) is 34.9. The van der Waals surface area contributed by atoms with E-state index in [4.69, 9.17) is 18.9 Å². The van der Waals surface area contributed by atoms with Crippen molar-refractivity contribution >= 4 is 52.4 Å². The van der Waals surface area contributed by atoms with Crippen molar-refractivity contribution in [1.29, 1.82) is 0 Å². The maximum atomic E-state index is 14.1. The number of amides is 4. The van der Waals surface area contributed by atoms with E-state index in [1.54, 1.807) is 37.6 Å². The molecule has 0 saturated carbocycles. The van der Waals surface area contributed by atoms with Crippen molar-refractivity contribution in [1.82, 2.24) is 20.4 Å². The van der Waals surface area contributed by atoms with E-state index in [9.17, 15) is 24.0 Å². The number of nitrogens with zero attached hydrogens (tertiary/aromatic N) is 2. The SMILES string of the molecule is CC[C@H](C)[C@@H]([C@@H](CC(=O)N1CCC[C@H]1C(OC)[C@@H](C)C(=O)N[C@@H](Cc1ccccc1)C(=O)OC)OC)N(C)C(=O)[C@@H](NC(=O)OC(C)(C)I)C(C)C. The Bertz CT molecular complexity index is 1330. The van der Waals surface area contributed by atoms with Crippen molar-refractivity contribution in [3.8, 4) is 0 Å². The average molecular weight is 845 g/mol. The number of esters is 1. The van der Waals surface area contributed by atoms with E-state index < -0.39 is 58.0 Å². The third-order valence-electron chi connectivity index (χ3n) is 9.88. The third-order valence-corrected chi connectivity index (χ3v) is 10.1. The number of nitrogens with one attached hydrogen (secondary N) is 2. The summed E-state index contributed by atoms with van der Waals surface area (Å²) < 4.78 is 21.5. The topological polar surface area (TPSA) is 153 Å². The molecule has 0 aromatic heterocycles. The quantitative estimate of drug-likeness (QED) is 0.114. The molecule has 1 heterocycles. The maximum Gasteiger partial charge on any atom is 0.409 e. The summed E-state index contributed by atoms with van der Waals surface area (Å²) in [6.07, 6.45) is 0.313. The van der Waals surface area contributed by atoms with Gasteiger partial charge in [0.15, 0.2) is 3.61 Å².